The molecule has 142 valence electrons. The van der Waals surface area contributed by atoms with Crippen molar-refractivity contribution in [3.63, 3.8) is 0 Å². The lowest BCUT2D eigenvalue weighted by Crippen LogP contribution is -2.26. The van der Waals surface area contributed by atoms with Crippen molar-refractivity contribution in [2.24, 2.45) is 0 Å². The Hall–Kier alpha value is -2.99. The van der Waals surface area contributed by atoms with Gasteiger partial charge in [-0.3, -0.25) is 4.79 Å². The van der Waals surface area contributed by atoms with Gasteiger partial charge in [-0.25, -0.2) is 9.97 Å². The lowest BCUT2D eigenvalue weighted by Gasteiger charge is -2.07. The second-order valence-electron chi connectivity index (χ2n) is 6.73. The van der Waals surface area contributed by atoms with Gasteiger partial charge < -0.3 is 9.88 Å². The lowest BCUT2D eigenvalue weighted by molar-refractivity contribution is -0.120. The highest BCUT2D eigenvalue weighted by molar-refractivity contribution is 7.13. The van der Waals surface area contributed by atoms with Crippen LogP contribution in [0.25, 0.3) is 21.6 Å². The molecular weight excluding hydrogens is 368 g/mol. The zero-order valence-electron chi connectivity index (χ0n) is 16.0. The number of imidazole rings is 1. The number of rotatable bonds is 6. The summed E-state index contributed by atoms with van der Waals surface area (Å²) in [6.07, 6.45) is 0.272. The van der Waals surface area contributed by atoms with E-state index in [1.807, 2.05) is 35.7 Å². The molecule has 2 aromatic heterocycles. The highest BCUT2D eigenvalue weighted by atomic mass is 32.1. The van der Waals surface area contributed by atoms with Gasteiger partial charge in [-0.05, 0) is 32.0 Å². The number of aryl methyl sites for hydroxylation is 2. The van der Waals surface area contributed by atoms with Crippen molar-refractivity contribution in [2.45, 2.75) is 33.4 Å². The Labute approximate surface area is 168 Å². The van der Waals surface area contributed by atoms with Crippen molar-refractivity contribution in [3.8, 4) is 10.6 Å². The molecule has 1 N–H and O–H groups in total. The van der Waals surface area contributed by atoms with Gasteiger partial charge in [0.05, 0.1) is 29.7 Å². The molecule has 1 amide bonds. The van der Waals surface area contributed by atoms with Crippen LogP contribution < -0.4 is 5.32 Å². The van der Waals surface area contributed by atoms with Crippen LogP contribution in [-0.4, -0.2) is 20.4 Å². The maximum Gasteiger partial charge on any atom is 0.226 e. The van der Waals surface area contributed by atoms with Gasteiger partial charge in [0.25, 0.3) is 0 Å². The van der Waals surface area contributed by atoms with E-state index in [-0.39, 0.29) is 12.3 Å². The third kappa shape index (κ3) is 3.82. The molecule has 0 bridgehead atoms. The summed E-state index contributed by atoms with van der Waals surface area (Å²) in [5.41, 5.74) is 5.13. The minimum Gasteiger partial charge on any atom is -0.349 e. The summed E-state index contributed by atoms with van der Waals surface area (Å²) < 4.78 is 2.13. The fourth-order valence-corrected chi connectivity index (χ4v) is 4.13. The number of thiazole rings is 1. The van der Waals surface area contributed by atoms with Gasteiger partial charge in [0.2, 0.25) is 5.91 Å². The average Bonchev–Trinajstić information content (AvgIpc) is 3.30. The summed E-state index contributed by atoms with van der Waals surface area (Å²) in [7, 11) is 0. The smallest absolute Gasteiger partial charge is 0.226 e. The summed E-state index contributed by atoms with van der Waals surface area (Å²) in [5, 5.41) is 5.88. The molecule has 0 spiro atoms. The number of carbonyl (C=O) groups excluding carboxylic acids is 1. The summed E-state index contributed by atoms with van der Waals surface area (Å²) in [4.78, 5) is 21.7. The predicted molar refractivity (Wildman–Crippen MR) is 113 cm³/mol. The molecule has 2 heterocycles. The maximum atomic E-state index is 12.4. The quantitative estimate of drug-likeness (QED) is 0.532. The molecule has 0 aliphatic carbocycles. The Kier molecular flexibility index (Phi) is 5.21. The lowest BCUT2D eigenvalue weighted by atomic mass is 10.1. The van der Waals surface area contributed by atoms with Crippen LogP contribution in [0.2, 0.25) is 0 Å². The fraction of sp³-hybridized carbons (Fsp3) is 0.227. The van der Waals surface area contributed by atoms with E-state index in [9.17, 15) is 4.79 Å². The standard InChI is InChI=1S/C22H22N4OS/c1-3-26-19-10-5-4-9-18(19)25-20(26)13-23-21(27)12-17-14-28-22(24-17)16-8-6-7-15(2)11-16/h4-11,14H,3,12-13H2,1-2H3,(H,23,27). The van der Waals surface area contributed by atoms with Crippen molar-refractivity contribution in [1.29, 1.82) is 0 Å². The normalized spacial score (nSPS) is 11.1. The predicted octanol–water partition coefficient (Wildman–Crippen LogP) is 4.35. The highest BCUT2D eigenvalue weighted by Gasteiger charge is 2.12. The zero-order chi connectivity index (χ0) is 19.5. The first kappa shape index (κ1) is 18.4. The number of hydrogen-bond donors (Lipinski definition) is 1. The summed E-state index contributed by atoms with van der Waals surface area (Å²) >= 11 is 1.57. The molecule has 4 rings (SSSR count). The number of para-hydroxylation sites is 2. The summed E-state index contributed by atoms with van der Waals surface area (Å²) in [6.45, 7) is 5.38. The molecule has 6 heteroatoms. The van der Waals surface area contributed by atoms with Crippen LogP contribution in [0.4, 0.5) is 0 Å². The molecule has 0 saturated carbocycles. The van der Waals surface area contributed by atoms with Crippen molar-refractivity contribution in [1.82, 2.24) is 19.9 Å². The number of hydrogen-bond acceptors (Lipinski definition) is 4. The van der Waals surface area contributed by atoms with E-state index < -0.39 is 0 Å². The number of fused-ring (bicyclic) bond motifs is 1. The van der Waals surface area contributed by atoms with Gasteiger partial charge in [0, 0.05) is 17.5 Å². The van der Waals surface area contributed by atoms with Crippen LogP contribution in [0.1, 0.15) is 24.0 Å². The Bertz CT molecular complexity index is 1130. The van der Waals surface area contributed by atoms with E-state index in [0.29, 0.717) is 6.54 Å². The number of benzene rings is 2. The largest absolute Gasteiger partial charge is 0.349 e. The second-order valence-corrected chi connectivity index (χ2v) is 7.59. The SMILES string of the molecule is CCn1c(CNC(=O)Cc2csc(-c3cccc(C)c3)n2)nc2ccccc21. The van der Waals surface area contributed by atoms with E-state index in [1.165, 1.54) is 5.56 Å². The molecule has 28 heavy (non-hydrogen) atoms. The van der Waals surface area contributed by atoms with Gasteiger partial charge in [-0.2, -0.15) is 0 Å². The first-order valence-electron chi connectivity index (χ1n) is 9.36. The molecule has 4 aromatic rings. The zero-order valence-corrected chi connectivity index (χ0v) is 16.8. The minimum absolute atomic E-state index is 0.0456. The highest BCUT2D eigenvalue weighted by Crippen LogP contribution is 2.24. The Morgan fingerprint density at radius 3 is 2.82 bits per heavy atom. The number of nitrogens with zero attached hydrogens (tertiary/aromatic N) is 3. The van der Waals surface area contributed by atoms with E-state index in [1.54, 1.807) is 11.3 Å². The first-order chi connectivity index (χ1) is 13.6. The van der Waals surface area contributed by atoms with Crippen molar-refractivity contribution < 1.29 is 4.79 Å². The van der Waals surface area contributed by atoms with Gasteiger partial charge in [0.15, 0.2) is 0 Å². The maximum absolute atomic E-state index is 12.4. The molecule has 0 atom stereocenters. The van der Waals surface area contributed by atoms with Gasteiger partial charge in [-0.15, -0.1) is 11.3 Å². The second kappa shape index (κ2) is 7.94. The number of amides is 1. The van der Waals surface area contributed by atoms with Crippen LogP contribution in [-0.2, 0) is 24.3 Å². The molecule has 2 aromatic carbocycles. The molecule has 0 saturated heterocycles. The average molecular weight is 391 g/mol. The molecule has 0 fully saturated rings. The molecule has 0 aliphatic heterocycles. The van der Waals surface area contributed by atoms with E-state index in [0.717, 1.165) is 39.7 Å². The summed E-state index contributed by atoms with van der Waals surface area (Å²) in [6, 6.07) is 16.3. The molecule has 0 radical (unpaired) electrons. The van der Waals surface area contributed by atoms with E-state index in [2.05, 4.69) is 51.9 Å². The van der Waals surface area contributed by atoms with E-state index in [4.69, 9.17) is 0 Å². The summed E-state index contributed by atoms with van der Waals surface area (Å²) in [5.74, 6) is 0.826. The number of aromatic nitrogens is 3. The molecular formula is C22H22N4OS. The topological polar surface area (TPSA) is 59.8 Å². The van der Waals surface area contributed by atoms with Gasteiger partial charge >= 0.3 is 0 Å². The minimum atomic E-state index is -0.0456. The van der Waals surface area contributed by atoms with Crippen LogP contribution >= 0.6 is 11.3 Å². The molecule has 5 nitrogen and oxygen atoms in total. The van der Waals surface area contributed by atoms with Crippen LogP contribution in [0.15, 0.2) is 53.9 Å². The molecule has 0 unspecified atom stereocenters. The number of nitrogens with one attached hydrogen (secondary N) is 1. The monoisotopic (exact) mass is 390 g/mol. The number of carbonyl (C=O) groups is 1. The van der Waals surface area contributed by atoms with Crippen molar-refractivity contribution >= 4 is 28.3 Å². The van der Waals surface area contributed by atoms with Gasteiger partial charge in [-0.1, -0.05) is 35.9 Å². The van der Waals surface area contributed by atoms with Crippen LogP contribution in [0.3, 0.4) is 0 Å². The fourth-order valence-electron chi connectivity index (χ4n) is 3.32. The third-order valence-corrected chi connectivity index (χ3v) is 5.59. The Morgan fingerprint density at radius 1 is 1.14 bits per heavy atom. The molecule has 0 aliphatic rings. The Balaban J connectivity index is 1.42. The van der Waals surface area contributed by atoms with Crippen LogP contribution in [0.5, 0.6) is 0 Å². The van der Waals surface area contributed by atoms with Crippen molar-refractivity contribution in [3.05, 3.63) is 71.0 Å². The van der Waals surface area contributed by atoms with E-state index >= 15 is 0 Å². The van der Waals surface area contributed by atoms with Crippen molar-refractivity contribution in [2.75, 3.05) is 0 Å². The van der Waals surface area contributed by atoms with Gasteiger partial charge in [0.1, 0.15) is 10.8 Å². The third-order valence-electron chi connectivity index (χ3n) is 4.65. The van der Waals surface area contributed by atoms with Crippen LogP contribution in [0, 0.1) is 6.92 Å². The Morgan fingerprint density at radius 2 is 2.00 bits per heavy atom. The first-order valence-corrected chi connectivity index (χ1v) is 10.2.